The van der Waals surface area contributed by atoms with Gasteiger partial charge in [-0.25, -0.2) is 0 Å². The van der Waals surface area contributed by atoms with E-state index in [0.29, 0.717) is 28.3 Å². The molecule has 0 saturated heterocycles. The first-order valence-electron chi connectivity index (χ1n) is 18.6. The van der Waals surface area contributed by atoms with E-state index in [1.165, 1.54) is 0 Å². The predicted octanol–water partition coefficient (Wildman–Crippen LogP) is 9.02. The molecule has 0 spiro atoms. The van der Waals surface area contributed by atoms with Crippen LogP contribution < -0.4 is 20.7 Å². The molecule has 9 heteroatoms. The van der Waals surface area contributed by atoms with Gasteiger partial charge in [-0.15, -0.1) is 0 Å². The van der Waals surface area contributed by atoms with E-state index < -0.39 is 17.6 Å². The van der Waals surface area contributed by atoms with Crippen LogP contribution in [0.15, 0.2) is 109 Å². The third-order valence-electron chi connectivity index (χ3n) is 8.06. The van der Waals surface area contributed by atoms with E-state index in [1.54, 1.807) is 62.4 Å². The Labute approximate surface area is 321 Å². The highest BCUT2D eigenvalue weighted by Crippen LogP contribution is 2.22. The van der Waals surface area contributed by atoms with Crippen molar-refractivity contribution in [3.8, 4) is 5.75 Å². The highest BCUT2D eigenvalue weighted by atomic mass is 35.5. The number of benzene rings is 2. The summed E-state index contributed by atoms with van der Waals surface area (Å²) in [5.41, 5.74) is -0.331. The van der Waals surface area contributed by atoms with Crippen LogP contribution >= 0.6 is 11.6 Å². The van der Waals surface area contributed by atoms with Gasteiger partial charge in [0.1, 0.15) is 11.8 Å². The van der Waals surface area contributed by atoms with Gasteiger partial charge in [0, 0.05) is 35.7 Å². The normalized spacial score (nSPS) is 12.7. The Morgan fingerprint density at radius 1 is 0.717 bits per heavy atom. The summed E-state index contributed by atoms with van der Waals surface area (Å²) in [6, 6.07) is 12.4. The van der Waals surface area contributed by atoms with Crippen molar-refractivity contribution in [3.63, 3.8) is 0 Å². The van der Waals surface area contributed by atoms with Gasteiger partial charge in [-0.2, -0.15) is 0 Å². The molecule has 0 radical (unpaired) electrons. The lowest BCUT2D eigenvalue weighted by atomic mass is 10.0. The van der Waals surface area contributed by atoms with E-state index in [0.717, 1.165) is 44.9 Å². The van der Waals surface area contributed by atoms with E-state index in [2.05, 4.69) is 83.6 Å². The van der Waals surface area contributed by atoms with Crippen LogP contribution in [0.4, 0.5) is 0 Å². The lowest BCUT2D eigenvalue weighted by Crippen LogP contribution is -2.56. The van der Waals surface area contributed by atoms with Gasteiger partial charge in [-0.1, -0.05) is 93.1 Å². The van der Waals surface area contributed by atoms with Gasteiger partial charge in [-0.3, -0.25) is 19.2 Å². The Morgan fingerprint density at radius 2 is 1.21 bits per heavy atom. The molecule has 0 saturated carbocycles. The van der Waals surface area contributed by atoms with E-state index in [1.807, 2.05) is 13.8 Å². The van der Waals surface area contributed by atoms with E-state index in [-0.39, 0.29) is 36.6 Å². The summed E-state index contributed by atoms with van der Waals surface area (Å²) < 4.78 is 5.97. The monoisotopic (exact) mass is 743 g/mol. The molecule has 53 heavy (non-hydrogen) atoms. The van der Waals surface area contributed by atoms with Crippen molar-refractivity contribution < 1.29 is 23.9 Å². The van der Waals surface area contributed by atoms with Crippen molar-refractivity contribution in [3.05, 3.63) is 125 Å². The van der Waals surface area contributed by atoms with Gasteiger partial charge in [0.2, 0.25) is 11.8 Å². The summed E-state index contributed by atoms with van der Waals surface area (Å²) in [6.07, 6.45) is 28.4. The molecule has 0 aliphatic carbocycles. The lowest BCUT2D eigenvalue weighted by molar-refractivity contribution is -0.138. The molecular formula is C44H58ClN3O5. The smallest absolute Gasteiger partial charge is 0.264 e. The van der Waals surface area contributed by atoms with Crippen molar-refractivity contribution >= 4 is 35.1 Å². The number of allylic oxidation sites excluding steroid dienone is 10. The number of halogens is 1. The highest BCUT2D eigenvalue weighted by molar-refractivity contribution is 6.30. The third kappa shape index (κ3) is 18.6. The Kier molecular flexibility index (Phi) is 21.2. The third-order valence-corrected chi connectivity index (χ3v) is 8.31. The fraction of sp³-hybridized carbons (Fsp3) is 0.409. The number of ether oxygens (including phenoxy) is 1. The fourth-order valence-corrected chi connectivity index (χ4v) is 5.09. The Balaban J connectivity index is 1.65. The molecule has 8 nitrogen and oxygen atoms in total. The summed E-state index contributed by atoms with van der Waals surface area (Å²) in [7, 11) is 0. The highest BCUT2D eigenvalue weighted by Gasteiger charge is 2.34. The molecular weight excluding hydrogens is 686 g/mol. The molecule has 0 aromatic heterocycles. The van der Waals surface area contributed by atoms with Crippen LogP contribution in [0.5, 0.6) is 5.75 Å². The van der Waals surface area contributed by atoms with Crippen LogP contribution in [0.25, 0.3) is 0 Å². The molecule has 0 heterocycles. The number of unbranched alkanes of at least 4 members (excludes halogenated alkanes) is 1. The standard InChI is InChI=1S/C44H58ClN3O5/c1-6-7-8-9-10-11-12-13-14-15-16-17-18-19-20-21-22-23-39(49)46-32-33-47-42(51)40(34(2)3)48-43(52)44(4,5)53-38-30-26-36(27-31-38)41(50)35-24-28-37(45)29-25-35/h7-8,10-11,13-14,16-17,19-20,24-31,34,40H,6,9,12,15,18,21-23,32-33H2,1-5H3,(H,46,49)(H,47,51)(H,48,52)/t40-/m0/s1. The quantitative estimate of drug-likeness (QED) is 0.0564. The summed E-state index contributed by atoms with van der Waals surface area (Å²) in [5, 5.41) is 9.01. The average molecular weight is 744 g/mol. The molecule has 2 rings (SSSR count). The van der Waals surface area contributed by atoms with Crippen molar-refractivity contribution in [2.45, 2.75) is 97.6 Å². The van der Waals surface area contributed by atoms with Crippen LogP contribution in [-0.2, 0) is 14.4 Å². The van der Waals surface area contributed by atoms with Crippen LogP contribution in [0.3, 0.4) is 0 Å². The second kappa shape index (κ2) is 25.3. The van der Waals surface area contributed by atoms with Gasteiger partial charge in [0.05, 0.1) is 0 Å². The molecule has 2 aromatic carbocycles. The first-order valence-corrected chi connectivity index (χ1v) is 19.0. The van der Waals surface area contributed by atoms with Crippen LogP contribution in [-0.4, -0.2) is 48.2 Å². The minimum atomic E-state index is -1.31. The average Bonchev–Trinajstić information content (AvgIpc) is 3.13. The second-order valence-corrected chi connectivity index (χ2v) is 13.8. The minimum Gasteiger partial charge on any atom is -0.478 e. The van der Waals surface area contributed by atoms with Crippen LogP contribution in [0, 0.1) is 5.92 Å². The zero-order valence-corrected chi connectivity index (χ0v) is 32.8. The van der Waals surface area contributed by atoms with E-state index in [9.17, 15) is 19.2 Å². The number of amides is 3. The van der Waals surface area contributed by atoms with Gasteiger partial charge < -0.3 is 20.7 Å². The first-order chi connectivity index (χ1) is 25.4. The summed E-state index contributed by atoms with van der Waals surface area (Å²) in [4.78, 5) is 51.3. The van der Waals surface area contributed by atoms with Gasteiger partial charge in [0.15, 0.2) is 11.4 Å². The SMILES string of the molecule is CCC=CCC=CCC=CCC=CCC=CCCCC(=O)NCCNC(=O)[C@@H](NC(=O)C(C)(C)Oc1ccc(C(=O)c2ccc(Cl)cc2)cc1)C(C)C. The maximum absolute atomic E-state index is 13.2. The molecule has 1 atom stereocenters. The molecule has 286 valence electrons. The minimum absolute atomic E-state index is 0.0680. The number of ketones is 1. The second-order valence-electron chi connectivity index (χ2n) is 13.4. The number of hydrogen-bond acceptors (Lipinski definition) is 5. The van der Waals surface area contributed by atoms with Crippen LogP contribution in [0.2, 0.25) is 5.02 Å². The largest absolute Gasteiger partial charge is 0.478 e. The van der Waals surface area contributed by atoms with Crippen molar-refractivity contribution in [2.75, 3.05) is 13.1 Å². The number of nitrogens with one attached hydrogen (secondary N) is 3. The molecule has 0 unspecified atom stereocenters. The first kappa shape index (κ1) is 44.5. The summed E-state index contributed by atoms with van der Waals surface area (Å²) in [5.74, 6) is -0.833. The number of hydrogen-bond donors (Lipinski definition) is 3. The Bertz CT molecular complexity index is 1570. The van der Waals surface area contributed by atoms with E-state index in [4.69, 9.17) is 16.3 Å². The zero-order chi connectivity index (χ0) is 38.9. The summed E-state index contributed by atoms with van der Waals surface area (Å²) in [6.45, 7) is 9.57. The van der Waals surface area contributed by atoms with Crippen LogP contribution in [0.1, 0.15) is 102 Å². The van der Waals surface area contributed by atoms with E-state index >= 15 is 0 Å². The molecule has 0 bridgehead atoms. The Morgan fingerprint density at radius 3 is 1.74 bits per heavy atom. The predicted molar refractivity (Wildman–Crippen MR) is 217 cm³/mol. The van der Waals surface area contributed by atoms with Crippen molar-refractivity contribution in [2.24, 2.45) is 5.92 Å². The number of carbonyl (C=O) groups is 4. The molecule has 3 amide bonds. The molecule has 3 N–H and O–H groups in total. The van der Waals surface area contributed by atoms with Crippen molar-refractivity contribution in [1.29, 1.82) is 0 Å². The maximum Gasteiger partial charge on any atom is 0.264 e. The van der Waals surface area contributed by atoms with Crippen molar-refractivity contribution in [1.82, 2.24) is 16.0 Å². The zero-order valence-electron chi connectivity index (χ0n) is 32.0. The number of carbonyl (C=O) groups excluding carboxylic acids is 4. The van der Waals surface area contributed by atoms with Gasteiger partial charge >= 0.3 is 0 Å². The molecule has 0 fully saturated rings. The van der Waals surface area contributed by atoms with Gasteiger partial charge in [0.25, 0.3) is 5.91 Å². The maximum atomic E-state index is 13.2. The van der Waals surface area contributed by atoms with Gasteiger partial charge in [-0.05, 0) is 113 Å². The fourth-order valence-electron chi connectivity index (χ4n) is 4.97. The Hall–Kier alpha value is -4.69. The lowest BCUT2D eigenvalue weighted by Gasteiger charge is -2.29. The number of rotatable bonds is 24. The molecule has 2 aromatic rings. The molecule has 0 aliphatic heterocycles. The summed E-state index contributed by atoms with van der Waals surface area (Å²) >= 11 is 5.93. The molecule has 0 aliphatic rings. The topological polar surface area (TPSA) is 114 Å².